The van der Waals surface area contributed by atoms with Crippen molar-refractivity contribution in [1.82, 2.24) is 4.90 Å². The Balaban J connectivity index is 1.79. The van der Waals surface area contributed by atoms with Crippen LogP contribution in [0.5, 0.6) is 0 Å². The lowest BCUT2D eigenvalue weighted by Gasteiger charge is -2.47. The van der Waals surface area contributed by atoms with E-state index >= 15 is 0 Å². The molecule has 1 saturated heterocycles. The average molecular weight is 258 g/mol. The largest absolute Gasteiger partial charge is 0.399 e. The zero-order chi connectivity index (χ0) is 13.2. The predicted octanol–water partition coefficient (Wildman–Crippen LogP) is 3.98. The summed E-state index contributed by atoms with van der Waals surface area (Å²) in [5, 5.41) is 0. The number of piperidine rings is 1. The fourth-order valence-corrected chi connectivity index (χ4v) is 4.15. The topological polar surface area (TPSA) is 29.3 Å². The molecule has 3 atom stereocenters. The van der Waals surface area contributed by atoms with E-state index in [1.807, 2.05) is 6.07 Å². The zero-order valence-corrected chi connectivity index (χ0v) is 12.0. The SMILES string of the molecule is CC(c1cccc(N)c1)N1CCCC2CCCCC21. The molecule has 1 aliphatic carbocycles. The number of likely N-dealkylation sites (tertiary alicyclic amines) is 1. The average Bonchev–Trinajstić information content (AvgIpc) is 2.46. The van der Waals surface area contributed by atoms with E-state index in [0.717, 1.165) is 17.6 Å². The van der Waals surface area contributed by atoms with Gasteiger partial charge in [-0.3, -0.25) is 4.90 Å². The van der Waals surface area contributed by atoms with Crippen molar-refractivity contribution < 1.29 is 0 Å². The van der Waals surface area contributed by atoms with Gasteiger partial charge in [-0.15, -0.1) is 0 Å². The smallest absolute Gasteiger partial charge is 0.0323 e. The molecule has 0 bridgehead atoms. The molecule has 1 aromatic rings. The Labute approximate surface area is 117 Å². The van der Waals surface area contributed by atoms with Gasteiger partial charge >= 0.3 is 0 Å². The molecule has 2 aliphatic rings. The standard InChI is InChI=1S/C17H26N2/c1-13(15-7-4-9-16(18)12-15)19-11-5-8-14-6-2-3-10-17(14)19/h4,7,9,12-14,17H,2-3,5-6,8,10-11,18H2,1H3. The Hall–Kier alpha value is -1.02. The molecule has 1 heterocycles. The number of fused-ring (bicyclic) bond motifs is 1. The second-order valence-electron chi connectivity index (χ2n) is 6.34. The minimum Gasteiger partial charge on any atom is -0.399 e. The molecule has 2 heteroatoms. The highest BCUT2D eigenvalue weighted by atomic mass is 15.2. The minimum atomic E-state index is 0.509. The molecule has 3 rings (SSSR count). The van der Waals surface area contributed by atoms with Crippen LogP contribution in [0.2, 0.25) is 0 Å². The van der Waals surface area contributed by atoms with Gasteiger partial charge in [0, 0.05) is 17.8 Å². The molecule has 0 spiro atoms. The third-order valence-corrected chi connectivity index (χ3v) is 5.18. The number of anilines is 1. The van der Waals surface area contributed by atoms with E-state index in [-0.39, 0.29) is 0 Å². The quantitative estimate of drug-likeness (QED) is 0.813. The Morgan fingerprint density at radius 2 is 1.95 bits per heavy atom. The molecule has 0 aromatic heterocycles. The molecule has 2 fully saturated rings. The summed E-state index contributed by atoms with van der Waals surface area (Å²) < 4.78 is 0. The van der Waals surface area contributed by atoms with Crippen molar-refractivity contribution in [2.75, 3.05) is 12.3 Å². The summed E-state index contributed by atoms with van der Waals surface area (Å²) in [6.45, 7) is 3.61. The van der Waals surface area contributed by atoms with E-state index in [1.54, 1.807) is 0 Å². The summed E-state index contributed by atoms with van der Waals surface area (Å²) in [5.74, 6) is 0.950. The van der Waals surface area contributed by atoms with Gasteiger partial charge in [0.25, 0.3) is 0 Å². The molecule has 0 radical (unpaired) electrons. The lowest BCUT2D eigenvalue weighted by atomic mass is 9.77. The van der Waals surface area contributed by atoms with Crippen LogP contribution in [-0.4, -0.2) is 17.5 Å². The third-order valence-electron chi connectivity index (χ3n) is 5.18. The number of hydrogen-bond acceptors (Lipinski definition) is 2. The highest BCUT2D eigenvalue weighted by Gasteiger charge is 2.35. The highest BCUT2D eigenvalue weighted by molar-refractivity contribution is 5.41. The van der Waals surface area contributed by atoms with E-state index in [1.165, 1.54) is 50.6 Å². The van der Waals surface area contributed by atoms with Crippen LogP contribution in [0.25, 0.3) is 0 Å². The molecule has 104 valence electrons. The highest BCUT2D eigenvalue weighted by Crippen LogP contribution is 2.39. The van der Waals surface area contributed by atoms with Crippen LogP contribution in [0.15, 0.2) is 24.3 Å². The van der Waals surface area contributed by atoms with Crippen molar-refractivity contribution in [2.24, 2.45) is 5.92 Å². The molecular formula is C17H26N2. The molecule has 0 amide bonds. The molecule has 1 aromatic carbocycles. The predicted molar refractivity (Wildman–Crippen MR) is 81.0 cm³/mol. The first kappa shape index (κ1) is 13.0. The van der Waals surface area contributed by atoms with Crippen molar-refractivity contribution in [1.29, 1.82) is 0 Å². The van der Waals surface area contributed by atoms with Crippen LogP contribution in [-0.2, 0) is 0 Å². The van der Waals surface area contributed by atoms with Gasteiger partial charge in [-0.2, -0.15) is 0 Å². The second-order valence-corrected chi connectivity index (χ2v) is 6.34. The first-order valence-electron chi connectivity index (χ1n) is 7.87. The first-order valence-corrected chi connectivity index (χ1v) is 7.87. The maximum absolute atomic E-state index is 5.94. The van der Waals surface area contributed by atoms with Crippen LogP contribution < -0.4 is 5.73 Å². The molecule has 1 saturated carbocycles. The van der Waals surface area contributed by atoms with E-state index in [4.69, 9.17) is 5.73 Å². The zero-order valence-electron chi connectivity index (χ0n) is 12.0. The fraction of sp³-hybridized carbons (Fsp3) is 0.647. The van der Waals surface area contributed by atoms with Gasteiger partial charge in [0.2, 0.25) is 0 Å². The molecule has 2 nitrogen and oxygen atoms in total. The Morgan fingerprint density at radius 1 is 1.16 bits per heavy atom. The van der Waals surface area contributed by atoms with Crippen LogP contribution >= 0.6 is 0 Å². The van der Waals surface area contributed by atoms with Crippen LogP contribution in [0.3, 0.4) is 0 Å². The van der Waals surface area contributed by atoms with Crippen LogP contribution in [0, 0.1) is 5.92 Å². The summed E-state index contributed by atoms with van der Waals surface area (Å²) in [5.41, 5.74) is 8.21. The summed E-state index contributed by atoms with van der Waals surface area (Å²) in [7, 11) is 0. The van der Waals surface area contributed by atoms with Gasteiger partial charge in [-0.05, 0) is 62.8 Å². The minimum absolute atomic E-state index is 0.509. The molecular weight excluding hydrogens is 232 g/mol. The van der Waals surface area contributed by atoms with Crippen molar-refractivity contribution >= 4 is 5.69 Å². The third kappa shape index (κ3) is 2.64. The summed E-state index contributed by atoms with van der Waals surface area (Å²) in [6.07, 6.45) is 8.53. The molecule has 3 unspecified atom stereocenters. The summed E-state index contributed by atoms with van der Waals surface area (Å²) in [6, 6.07) is 9.78. The monoisotopic (exact) mass is 258 g/mol. The normalized spacial score (nSPS) is 29.7. The molecule has 19 heavy (non-hydrogen) atoms. The van der Waals surface area contributed by atoms with Gasteiger partial charge < -0.3 is 5.73 Å². The fourth-order valence-electron chi connectivity index (χ4n) is 4.15. The number of nitrogen functional groups attached to an aromatic ring is 1. The first-order chi connectivity index (χ1) is 9.25. The van der Waals surface area contributed by atoms with Crippen molar-refractivity contribution in [3.8, 4) is 0 Å². The number of benzene rings is 1. The van der Waals surface area contributed by atoms with Gasteiger partial charge in [0.15, 0.2) is 0 Å². The summed E-state index contributed by atoms with van der Waals surface area (Å²) in [4.78, 5) is 2.75. The number of hydrogen-bond donors (Lipinski definition) is 1. The Kier molecular flexibility index (Phi) is 3.79. The van der Waals surface area contributed by atoms with E-state index in [9.17, 15) is 0 Å². The number of nitrogens with zero attached hydrogens (tertiary/aromatic N) is 1. The van der Waals surface area contributed by atoms with Crippen molar-refractivity contribution in [3.63, 3.8) is 0 Å². The Morgan fingerprint density at radius 3 is 2.79 bits per heavy atom. The maximum atomic E-state index is 5.94. The number of nitrogens with two attached hydrogens (primary N) is 1. The lowest BCUT2D eigenvalue weighted by molar-refractivity contribution is 0.0308. The van der Waals surface area contributed by atoms with Gasteiger partial charge in [-0.25, -0.2) is 0 Å². The van der Waals surface area contributed by atoms with Crippen molar-refractivity contribution in [2.45, 2.75) is 57.5 Å². The van der Waals surface area contributed by atoms with E-state index in [0.29, 0.717) is 6.04 Å². The molecule has 2 N–H and O–H groups in total. The van der Waals surface area contributed by atoms with Gasteiger partial charge in [0.05, 0.1) is 0 Å². The lowest BCUT2D eigenvalue weighted by Crippen LogP contribution is -2.47. The van der Waals surface area contributed by atoms with Gasteiger partial charge in [-0.1, -0.05) is 25.0 Å². The van der Waals surface area contributed by atoms with E-state index in [2.05, 4.69) is 30.0 Å². The maximum Gasteiger partial charge on any atom is 0.0323 e. The van der Waals surface area contributed by atoms with Crippen molar-refractivity contribution in [3.05, 3.63) is 29.8 Å². The second kappa shape index (κ2) is 5.54. The van der Waals surface area contributed by atoms with Crippen LogP contribution in [0.4, 0.5) is 5.69 Å². The number of rotatable bonds is 2. The van der Waals surface area contributed by atoms with E-state index < -0.39 is 0 Å². The molecule has 1 aliphatic heterocycles. The Bertz CT molecular complexity index is 427. The van der Waals surface area contributed by atoms with Gasteiger partial charge in [0.1, 0.15) is 0 Å². The van der Waals surface area contributed by atoms with Crippen LogP contribution in [0.1, 0.15) is 57.1 Å². The summed E-state index contributed by atoms with van der Waals surface area (Å²) >= 11 is 0.